The Balaban J connectivity index is 1.80. The SMILES string of the molecule is CCN1C2CC1CN(Cc1cc(F)c(N)cc1C(F)(F)F)C2. The first-order valence-corrected chi connectivity index (χ1v) is 7.42. The quantitative estimate of drug-likeness (QED) is 0.687. The third-order valence-electron chi connectivity index (χ3n) is 4.71. The van der Waals surface area contributed by atoms with Crippen LogP contribution in [0.5, 0.6) is 0 Å². The van der Waals surface area contributed by atoms with Crippen LogP contribution in [0.1, 0.15) is 24.5 Å². The van der Waals surface area contributed by atoms with Gasteiger partial charge >= 0.3 is 6.18 Å². The molecule has 0 amide bonds. The van der Waals surface area contributed by atoms with Gasteiger partial charge in [0.2, 0.25) is 0 Å². The molecule has 0 radical (unpaired) electrons. The summed E-state index contributed by atoms with van der Waals surface area (Å²) >= 11 is 0. The summed E-state index contributed by atoms with van der Waals surface area (Å²) in [6, 6.07) is 2.46. The van der Waals surface area contributed by atoms with Crippen LogP contribution in [-0.4, -0.2) is 41.5 Å². The van der Waals surface area contributed by atoms with Gasteiger partial charge < -0.3 is 5.73 Å². The van der Waals surface area contributed by atoms with E-state index in [1.165, 1.54) is 0 Å². The van der Waals surface area contributed by atoms with Crippen LogP contribution in [0.2, 0.25) is 0 Å². The van der Waals surface area contributed by atoms with Crippen molar-refractivity contribution in [3.63, 3.8) is 0 Å². The highest BCUT2D eigenvalue weighted by Gasteiger charge is 2.44. The van der Waals surface area contributed by atoms with Crippen molar-refractivity contribution in [1.82, 2.24) is 9.80 Å². The second-order valence-corrected chi connectivity index (χ2v) is 6.10. The van der Waals surface area contributed by atoms with Crippen molar-refractivity contribution in [2.75, 3.05) is 25.4 Å². The zero-order valence-electron chi connectivity index (χ0n) is 12.3. The van der Waals surface area contributed by atoms with Gasteiger partial charge in [0, 0.05) is 31.7 Å². The van der Waals surface area contributed by atoms with Crippen LogP contribution in [-0.2, 0) is 12.7 Å². The fourth-order valence-corrected chi connectivity index (χ4v) is 3.69. The van der Waals surface area contributed by atoms with Crippen LogP contribution in [0.3, 0.4) is 0 Å². The van der Waals surface area contributed by atoms with Gasteiger partial charge in [0.15, 0.2) is 0 Å². The number of piperazine rings is 1. The first kappa shape index (κ1) is 15.6. The number of nitrogens with zero attached hydrogens (tertiary/aromatic N) is 2. The van der Waals surface area contributed by atoms with Gasteiger partial charge in [-0.3, -0.25) is 9.80 Å². The summed E-state index contributed by atoms with van der Waals surface area (Å²) in [6.07, 6.45) is -3.42. The van der Waals surface area contributed by atoms with E-state index in [-0.39, 0.29) is 12.1 Å². The number of likely N-dealkylation sites (N-methyl/N-ethyl adjacent to an activating group) is 1. The smallest absolute Gasteiger partial charge is 0.396 e. The third-order valence-corrected chi connectivity index (χ3v) is 4.71. The van der Waals surface area contributed by atoms with Gasteiger partial charge in [-0.05, 0) is 30.7 Å². The Bertz CT molecular complexity index is 561. The standard InChI is InChI=1S/C15H19F4N3/c1-2-22-10-4-11(22)8-21(7-10)6-9-3-13(16)14(20)5-12(9)15(17,18)19/h3,5,10-11H,2,4,6-8,20H2,1H3. The van der Waals surface area contributed by atoms with E-state index >= 15 is 0 Å². The number of anilines is 1. The number of hydrogen-bond donors (Lipinski definition) is 1. The molecular formula is C15H19F4N3. The number of alkyl halides is 3. The highest BCUT2D eigenvalue weighted by molar-refractivity contribution is 5.47. The highest BCUT2D eigenvalue weighted by atomic mass is 19.4. The molecule has 1 aromatic rings. The largest absolute Gasteiger partial charge is 0.416 e. The summed E-state index contributed by atoms with van der Waals surface area (Å²) in [6.45, 7) is 4.62. The Kier molecular flexibility index (Phi) is 3.81. The lowest BCUT2D eigenvalue weighted by molar-refractivity contribution is -0.138. The summed E-state index contributed by atoms with van der Waals surface area (Å²) in [5, 5.41) is 0. The number of rotatable bonds is 3. The monoisotopic (exact) mass is 317 g/mol. The summed E-state index contributed by atoms with van der Waals surface area (Å²) in [4.78, 5) is 4.34. The van der Waals surface area contributed by atoms with E-state index in [0.29, 0.717) is 18.2 Å². The number of halogens is 4. The lowest BCUT2D eigenvalue weighted by atomic mass is 9.87. The molecule has 3 fully saturated rings. The van der Waals surface area contributed by atoms with Crippen molar-refractivity contribution in [3.05, 3.63) is 29.1 Å². The fraction of sp³-hybridized carbons (Fsp3) is 0.600. The summed E-state index contributed by atoms with van der Waals surface area (Å²) < 4.78 is 52.9. The summed E-state index contributed by atoms with van der Waals surface area (Å²) in [7, 11) is 0. The Morgan fingerprint density at radius 3 is 2.41 bits per heavy atom. The molecule has 4 rings (SSSR count). The number of hydrogen-bond acceptors (Lipinski definition) is 3. The molecule has 2 atom stereocenters. The minimum atomic E-state index is -4.52. The predicted molar refractivity (Wildman–Crippen MR) is 75.7 cm³/mol. The second-order valence-electron chi connectivity index (χ2n) is 6.10. The predicted octanol–water partition coefficient (Wildman–Crippen LogP) is 2.71. The zero-order valence-corrected chi connectivity index (χ0v) is 12.3. The van der Waals surface area contributed by atoms with Crippen LogP contribution >= 0.6 is 0 Å². The van der Waals surface area contributed by atoms with E-state index in [1.807, 2.05) is 4.90 Å². The Labute approximate surface area is 126 Å². The van der Waals surface area contributed by atoms with Crippen molar-refractivity contribution in [2.24, 2.45) is 0 Å². The molecule has 2 bridgehead atoms. The first-order valence-electron chi connectivity index (χ1n) is 7.42. The second kappa shape index (κ2) is 5.38. The average Bonchev–Trinajstić information content (AvgIpc) is 2.42. The minimum absolute atomic E-state index is 0.0384. The molecule has 0 saturated carbocycles. The maximum Gasteiger partial charge on any atom is 0.416 e. The molecule has 2 N–H and O–H groups in total. The van der Waals surface area contributed by atoms with Crippen LogP contribution < -0.4 is 5.73 Å². The van der Waals surface area contributed by atoms with Gasteiger partial charge in [-0.1, -0.05) is 6.92 Å². The maximum absolute atomic E-state index is 13.6. The van der Waals surface area contributed by atoms with Gasteiger partial charge in [0.05, 0.1) is 11.3 Å². The molecule has 0 spiro atoms. The van der Waals surface area contributed by atoms with Crippen molar-refractivity contribution >= 4 is 5.69 Å². The lowest BCUT2D eigenvalue weighted by Crippen LogP contribution is -2.68. The topological polar surface area (TPSA) is 32.5 Å². The van der Waals surface area contributed by atoms with Crippen LogP contribution in [0.25, 0.3) is 0 Å². The molecule has 3 aliphatic heterocycles. The van der Waals surface area contributed by atoms with Crippen molar-refractivity contribution in [2.45, 2.75) is 38.1 Å². The number of benzene rings is 1. The molecule has 122 valence electrons. The highest BCUT2D eigenvalue weighted by Crippen LogP contribution is 2.37. The molecular weight excluding hydrogens is 298 g/mol. The van der Waals surface area contributed by atoms with Crippen LogP contribution in [0.15, 0.2) is 12.1 Å². The third kappa shape index (κ3) is 2.67. The maximum atomic E-state index is 13.6. The number of piperidine rings is 1. The number of nitrogens with two attached hydrogens (primary N) is 1. The molecule has 3 heterocycles. The molecule has 0 aromatic heterocycles. The molecule has 3 aliphatic rings. The zero-order chi connectivity index (χ0) is 16.1. The number of fused-ring (bicyclic) bond motifs is 2. The molecule has 3 saturated heterocycles. The Hall–Kier alpha value is -1.34. The summed E-state index contributed by atoms with van der Waals surface area (Å²) in [5.74, 6) is -0.791. The van der Waals surface area contributed by atoms with E-state index in [4.69, 9.17) is 5.73 Å². The molecule has 7 heteroatoms. The normalized spacial score (nSPS) is 26.0. The van der Waals surface area contributed by atoms with Gasteiger partial charge in [0.1, 0.15) is 5.82 Å². The van der Waals surface area contributed by atoms with E-state index in [1.54, 1.807) is 0 Å². The molecule has 2 unspecified atom stereocenters. The van der Waals surface area contributed by atoms with E-state index in [0.717, 1.165) is 32.1 Å². The van der Waals surface area contributed by atoms with Crippen molar-refractivity contribution in [1.29, 1.82) is 0 Å². The average molecular weight is 317 g/mol. The van der Waals surface area contributed by atoms with E-state index in [9.17, 15) is 17.6 Å². The van der Waals surface area contributed by atoms with E-state index in [2.05, 4.69) is 11.8 Å². The van der Waals surface area contributed by atoms with Crippen molar-refractivity contribution in [3.8, 4) is 0 Å². The lowest BCUT2D eigenvalue weighted by Gasteiger charge is -2.56. The van der Waals surface area contributed by atoms with E-state index < -0.39 is 23.2 Å². The molecule has 0 aliphatic carbocycles. The summed E-state index contributed by atoms with van der Waals surface area (Å²) in [5.41, 5.74) is 3.95. The van der Waals surface area contributed by atoms with Crippen molar-refractivity contribution < 1.29 is 17.6 Å². The van der Waals surface area contributed by atoms with Gasteiger partial charge in [-0.25, -0.2) is 4.39 Å². The van der Waals surface area contributed by atoms with Gasteiger partial charge in [0.25, 0.3) is 0 Å². The molecule has 22 heavy (non-hydrogen) atoms. The minimum Gasteiger partial charge on any atom is -0.396 e. The molecule has 1 aromatic carbocycles. The van der Waals surface area contributed by atoms with Gasteiger partial charge in [-0.2, -0.15) is 13.2 Å². The number of nitrogen functional groups attached to an aromatic ring is 1. The van der Waals surface area contributed by atoms with Crippen LogP contribution in [0, 0.1) is 5.82 Å². The van der Waals surface area contributed by atoms with Gasteiger partial charge in [-0.15, -0.1) is 0 Å². The Morgan fingerprint density at radius 1 is 1.23 bits per heavy atom. The fourth-order valence-electron chi connectivity index (χ4n) is 3.69. The van der Waals surface area contributed by atoms with Crippen LogP contribution in [0.4, 0.5) is 23.2 Å². The Morgan fingerprint density at radius 2 is 1.86 bits per heavy atom. The first-order chi connectivity index (χ1) is 10.3. The molecule has 3 nitrogen and oxygen atoms in total.